The molecule has 1 saturated heterocycles. The molecule has 0 aromatic heterocycles. The SMILES string of the molecule is CC(=O)CC=CC(C)=CCOC1CCCCO1. The molecular formula is C14H22O3. The number of hydrogen-bond acceptors (Lipinski definition) is 3. The summed E-state index contributed by atoms with van der Waals surface area (Å²) < 4.78 is 11.0. The maximum absolute atomic E-state index is 10.7. The molecule has 0 aromatic carbocycles. The van der Waals surface area contributed by atoms with E-state index in [9.17, 15) is 4.79 Å². The molecule has 0 amide bonds. The fourth-order valence-corrected chi connectivity index (χ4v) is 1.61. The number of hydrogen-bond donors (Lipinski definition) is 0. The highest BCUT2D eigenvalue weighted by molar-refractivity contribution is 5.77. The molecule has 1 rings (SSSR count). The third kappa shape index (κ3) is 7.08. The van der Waals surface area contributed by atoms with Gasteiger partial charge in [-0.25, -0.2) is 0 Å². The predicted molar refractivity (Wildman–Crippen MR) is 67.7 cm³/mol. The monoisotopic (exact) mass is 238 g/mol. The Morgan fingerprint density at radius 1 is 1.41 bits per heavy atom. The second-order valence-corrected chi connectivity index (χ2v) is 4.39. The first-order valence-electron chi connectivity index (χ1n) is 6.24. The van der Waals surface area contributed by atoms with Gasteiger partial charge >= 0.3 is 0 Å². The number of carbonyl (C=O) groups excluding carboxylic acids is 1. The van der Waals surface area contributed by atoms with E-state index in [0.29, 0.717) is 13.0 Å². The molecular weight excluding hydrogens is 216 g/mol. The average molecular weight is 238 g/mol. The quantitative estimate of drug-likeness (QED) is 0.667. The zero-order chi connectivity index (χ0) is 12.5. The van der Waals surface area contributed by atoms with Gasteiger partial charge in [0.1, 0.15) is 5.78 Å². The molecule has 96 valence electrons. The highest BCUT2D eigenvalue weighted by Gasteiger charge is 2.12. The van der Waals surface area contributed by atoms with Gasteiger partial charge in [-0.15, -0.1) is 0 Å². The van der Waals surface area contributed by atoms with E-state index >= 15 is 0 Å². The van der Waals surface area contributed by atoms with Crippen molar-refractivity contribution in [3.63, 3.8) is 0 Å². The molecule has 1 atom stereocenters. The maximum Gasteiger partial charge on any atom is 0.157 e. The fourth-order valence-electron chi connectivity index (χ4n) is 1.61. The molecule has 0 N–H and O–H groups in total. The Kier molecular flexibility index (Phi) is 6.82. The topological polar surface area (TPSA) is 35.5 Å². The minimum absolute atomic E-state index is 0.0333. The van der Waals surface area contributed by atoms with Crippen LogP contribution in [0.2, 0.25) is 0 Å². The van der Waals surface area contributed by atoms with Gasteiger partial charge < -0.3 is 9.47 Å². The van der Waals surface area contributed by atoms with Crippen molar-refractivity contribution in [3.8, 4) is 0 Å². The fraction of sp³-hybridized carbons (Fsp3) is 0.643. The van der Waals surface area contributed by atoms with Crippen molar-refractivity contribution in [2.24, 2.45) is 0 Å². The lowest BCUT2D eigenvalue weighted by Gasteiger charge is -2.21. The molecule has 1 unspecified atom stereocenters. The van der Waals surface area contributed by atoms with Gasteiger partial charge in [0.2, 0.25) is 0 Å². The van der Waals surface area contributed by atoms with Gasteiger partial charge in [0.15, 0.2) is 6.29 Å². The van der Waals surface area contributed by atoms with Crippen LogP contribution in [0.3, 0.4) is 0 Å². The van der Waals surface area contributed by atoms with Crippen molar-refractivity contribution in [3.05, 3.63) is 23.8 Å². The lowest BCUT2D eigenvalue weighted by Crippen LogP contribution is -2.22. The lowest BCUT2D eigenvalue weighted by atomic mass is 10.2. The highest BCUT2D eigenvalue weighted by Crippen LogP contribution is 2.13. The Hall–Kier alpha value is -0.930. The maximum atomic E-state index is 10.7. The molecule has 0 bridgehead atoms. The Bertz CT molecular complexity index is 286. The Morgan fingerprint density at radius 2 is 2.24 bits per heavy atom. The van der Waals surface area contributed by atoms with Crippen LogP contribution in [0.15, 0.2) is 23.8 Å². The molecule has 1 aliphatic heterocycles. The van der Waals surface area contributed by atoms with Crippen molar-refractivity contribution < 1.29 is 14.3 Å². The normalized spacial score (nSPS) is 22.0. The molecule has 0 aliphatic carbocycles. The van der Waals surface area contributed by atoms with Gasteiger partial charge in [-0.05, 0) is 33.1 Å². The minimum Gasteiger partial charge on any atom is -0.353 e. The number of rotatable bonds is 6. The molecule has 0 spiro atoms. The van der Waals surface area contributed by atoms with Crippen molar-refractivity contribution in [1.82, 2.24) is 0 Å². The van der Waals surface area contributed by atoms with E-state index in [-0.39, 0.29) is 12.1 Å². The summed E-state index contributed by atoms with van der Waals surface area (Å²) in [5.74, 6) is 0.181. The molecule has 0 saturated carbocycles. The van der Waals surface area contributed by atoms with E-state index in [1.807, 2.05) is 25.2 Å². The second kappa shape index (κ2) is 8.20. The van der Waals surface area contributed by atoms with Crippen LogP contribution < -0.4 is 0 Å². The third-order valence-corrected chi connectivity index (χ3v) is 2.61. The Morgan fingerprint density at radius 3 is 2.88 bits per heavy atom. The first kappa shape index (κ1) is 14.1. The van der Waals surface area contributed by atoms with Gasteiger partial charge in [-0.2, -0.15) is 0 Å². The number of allylic oxidation sites excluding steroid dienone is 3. The summed E-state index contributed by atoms with van der Waals surface area (Å²) in [4.78, 5) is 10.7. The van der Waals surface area contributed by atoms with Gasteiger partial charge in [0.25, 0.3) is 0 Å². The van der Waals surface area contributed by atoms with Crippen molar-refractivity contribution >= 4 is 5.78 Å². The summed E-state index contributed by atoms with van der Waals surface area (Å²) in [7, 11) is 0. The largest absolute Gasteiger partial charge is 0.353 e. The number of carbonyl (C=O) groups is 1. The molecule has 17 heavy (non-hydrogen) atoms. The Labute approximate surface area is 103 Å². The number of ketones is 1. The summed E-state index contributed by atoms with van der Waals surface area (Å²) >= 11 is 0. The summed E-state index contributed by atoms with van der Waals surface area (Å²) in [5, 5.41) is 0. The number of Topliss-reactive ketones (excluding diaryl/α,β-unsaturated/α-hetero) is 1. The van der Waals surface area contributed by atoms with E-state index in [0.717, 1.165) is 25.0 Å². The molecule has 0 aromatic rings. The summed E-state index contributed by atoms with van der Waals surface area (Å²) in [6.07, 6.45) is 9.62. The molecule has 0 radical (unpaired) electrons. The van der Waals surface area contributed by atoms with Crippen LogP contribution in [0.4, 0.5) is 0 Å². The van der Waals surface area contributed by atoms with Gasteiger partial charge in [-0.1, -0.05) is 23.8 Å². The first-order valence-corrected chi connectivity index (χ1v) is 6.24. The summed E-state index contributed by atoms with van der Waals surface area (Å²) in [5.41, 5.74) is 1.11. The second-order valence-electron chi connectivity index (χ2n) is 4.39. The van der Waals surface area contributed by atoms with Crippen LogP contribution in [0.5, 0.6) is 0 Å². The summed E-state index contributed by atoms with van der Waals surface area (Å²) in [6, 6.07) is 0. The third-order valence-electron chi connectivity index (χ3n) is 2.61. The van der Waals surface area contributed by atoms with Crippen LogP contribution in [-0.4, -0.2) is 25.3 Å². The van der Waals surface area contributed by atoms with Crippen molar-refractivity contribution in [2.75, 3.05) is 13.2 Å². The first-order chi connectivity index (χ1) is 8.18. The van der Waals surface area contributed by atoms with E-state index in [2.05, 4.69) is 0 Å². The molecule has 1 heterocycles. The van der Waals surface area contributed by atoms with Crippen LogP contribution in [0.1, 0.15) is 39.5 Å². The molecule has 3 heteroatoms. The van der Waals surface area contributed by atoms with Crippen molar-refractivity contribution in [2.45, 2.75) is 45.8 Å². The van der Waals surface area contributed by atoms with E-state index in [1.54, 1.807) is 6.92 Å². The van der Waals surface area contributed by atoms with Gasteiger partial charge in [0, 0.05) is 13.0 Å². The van der Waals surface area contributed by atoms with Crippen LogP contribution in [0, 0.1) is 0 Å². The van der Waals surface area contributed by atoms with Crippen LogP contribution in [0.25, 0.3) is 0 Å². The van der Waals surface area contributed by atoms with Crippen LogP contribution >= 0.6 is 0 Å². The van der Waals surface area contributed by atoms with E-state index in [4.69, 9.17) is 9.47 Å². The van der Waals surface area contributed by atoms with Gasteiger partial charge in [-0.3, -0.25) is 4.79 Å². The van der Waals surface area contributed by atoms with E-state index in [1.165, 1.54) is 6.42 Å². The van der Waals surface area contributed by atoms with Gasteiger partial charge in [0.05, 0.1) is 6.61 Å². The smallest absolute Gasteiger partial charge is 0.157 e. The Balaban J connectivity index is 2.18. The predicted octanol–water partition coefficient (Wildman–Crippen LogP) is 3.01. The zero-order valence-electron chi connectivity index (χ0n) is 10.8. The van der Waals surface area contributed by atoms with E-state index < -0.39 is 0 Å². The zero-order valence-corrected chi connectivity index (χ0v) is 10.8. The minimum atomic E-state index is -0.0333. The van der Waals surface area contributed by atoms with Crippen molar-refractivity contribution in [1.29, 1.82) is 0 Å². The molecule has 3 nitrogen and oxygen atoms in total. The standard InChI is InChI=1S/C14H22O3/c1-12(6-5-7-13(2)15)9-11-17-14-8-3-4-10-16-14/h5-6,9,14H,3-4,7-8,10-11H2,1-2H3. The molecule has 1 fully saturated rings. The lowest BCUT2D eigenvalue weighted by molar-refractivity contribution is -0.155. The van der Waals surface area contributed by atoms with Crippen LogP contribution in [-0.2, 0) is 14.3 Å². The summed E-state index contributed by atoms with van der Waals surface area (Å²) in [6.45, 7) is 4.97. The number of ether oxygens (including phenoxy) is 2. The molecule has 1 aliphatic rings. The highest BCUT2D eigenvalue weighted by atomic mass is 16.7. The average Bonchev–Trinajstić information content (AvgIpc) is 2.30.